The molecule has 1 fully saturated rings. The molecule has 0 spiro atoms. The number of carbonyl (C=O) groups excluding carboxylic acids is 1. The number of anilines is 1. The first-order chi connectivity index (χ1) is 10.3. The van der Waals surface area contributed by atoms with Gasteiger partial charge in [-0.3, -0.25) is 0 Å². The van der Waals surface area contributed by atoms with E-state index in [-0.39, 0.29) is 6.09 Å². The van der Waals surface area contributed by atoms with Gasteiger partial charge in [0, 0.05) is 31.8 Å². The van der Waals surface area contributed by atoms with E-state index >= 15 is 0 Å². The van der Waals surface area contributed by atoms with Crippen LogP contribution in [0, 0.1) is 5.92 Å². The molecule has 3 rings (SSSR count). The normalized spacial score (nSPS) is 20.9. The summed E-state index contributed by atoms with van der Waals surface area (Å²) in [5, 5.41) is 0. The van der Waals surface area contributed by atoms with Crippen LogP contribution in [0.15, 0.2) is 28.9 Å². The SMILES string of the molecule is CC(C)(C)OC(=O)N1CC2=CN(c3cnc(Br)nc3)CC2C1. The van der Waals surface area contributed by atoms with E-state index in [1.165, 1.54) is 5.57 Å². The lowest BCUT2D eigenvalue weighted by Gasteiger charge is -2.25. The third-order valence-electron chi connectivity index (χ3n) is 3.67. The van der Waals surface area contributed by atoms with Crippen molar-refractivity contribution in [3.05, 3.63) is 28.9 Å². The fraction of sp³-hybridized carbons (Fsp3) is 0.533. The van der Waals surface area contributed by atoms with Gasteiger partial charge >= 0.3 is 6.09 Å². The first kappa shape index (κ1) is 15.3. The molecule has 1 unspecified atom stereocenters. The number of nitrogens with zero attached hydrogens (tertiary/aromatic N) is 4. The molecule has 0 N–H and O–H groups in total. The van der Waals surface area contributed by atoms with Gasteiger partial charge in [-0.05, 0) is 42.3 Å². The summed E-state index contributed by atoms with van der Waals surface area (Å²) in [7, 11) is 0. The smallest absolute Gasteiger partial charge is 0.410 e. The van der Waals surface area contributed by atoms with Crippen LogP contribution in [0.3, 0.4) is 0 Å². The Kier molecular flexibility index (Phi) is 3.84. The molecule has 1 atom stereocenters. The van der Waals surface area contributed by atoms with Crippen molar-refractivity contribution < 1.29 is 9.53 Å². The van der Waals surface area contributed by atoms with Crippen LogP contribution in [0.5, 0.6) is 0 Å². The Morgan fingerprint density at radius 3 is 2.59 bits per heavy atom. The second-order valence-corrected chi connectivity index (χ2v) is 7.33. The molecule has 22 heavy (non-hydrogen) atoms. The average Bonchev–Trinajstić information content (AvgIpc) is 2.95. The minimum Gasteiger partial charge on any atom is -0.444 e. The number of halogens is 1. The minimum atomic E-state index is -0.454. The Morgan fingerprint density at radius 1 is 1.32 bits per heavy atom. The summed E-state index contributed by atoms with van der Waals surface area (Å²) in [5.41, 5.74) is 1.77. The maximum atomic E-state index is 12.1. The van der Waals surface area contributed by atoms with Crippen LogP contribution in [0.4, 0.5) is 10.5 Å². The van der Waals surface area contributed by atoms with Gasteiger partial charge in [0.05, 0.1) is 18.1 Å². The van der Waals surface area contributed by atoms with Gasteiger partial charge in [0.2, 0.25) is 0 Å². The third kappa shape index (κ3) is 3.24. The molecule has 0 saturated carbocycles. The molecule has 0 aliphatic carbocycles. The monoisotopic (exact) mass is 366 g/mol. The maximum Gasteiger partial charge on any atom is 0.410 e. The number of fused-ring (bicyclic) bond motifs is 1. The highest BCUT2D eigenvalue weighted by Crippen LogP contribution is 2.32. The predicted molar refractivity (Wildman–Crippen MR) is 86.5 cm³/mol. The summed E-state index contributed by atoms with van der Waals surface area (Å²) in [5.74, 6) is 0.358. The van der Waals surface area contributed by atoms with Crippen LogP contribution in [-0.4, -0.2) is 46.2 Å². The van der Waals surface area contributed by atoms with Crippen molar-refractivity contribution in [2.24, 2.45) is 5.92 Å². The van der Waals surface area contributed by atoms with Crippen molar-refractivity contribution in [1.29, 1.82) is 0 Å². The topological polar surface area (TPSA) is 58.6 Å². The van der Waals surface area contributed by atoms with Crippen molar-refractivity contribution in [2.75, 3.05) is 24.5 Å². The Hall–Kier alpha value is -1.63. The average molecular weight is 367 g/mol. The number of likely N-dealkylation sites (tertiary alicyclic amines) is 1. The van der Waals surface area contributed by atoms with E-state index < -0.39 is 5.60 Å². The fourth-order valence-corrected chi connectivity index (χ4v) is 2.91. The Labute approximate surface area is 138 Å². The maximum absolute atomic E-state index is 12.1. The van der Waals surface area contributed by atoms with Crippen LogP contribution in [-0.2, 0) is 4.74 Å². The summed E-state index contributed by atoms with van der Waals surface area (Å²) >= 11 is 3.24. The molecule has 7 heteroatoms. The minimum absolute atomic E-state index is 0.235. The summed E-state index contributed by atoms with van der Waals surface area (Å²) in [4.78, 5) is 24.3. The lowest BCUT2D eigenvalue weighted by molar-refractivity contribution is 0.0291. The molecule has 3 heterocycles. The number of ether oxygens (including phenoxy) is 1. The first-order valence-corrected chi connectivity index (χ1v) is 8.04. The molecule has 2 aliphatic rings. The van der Waals surface area contributed by atoms with E-state index in [0.717, 1.165) is 12.2 Å². The van der Waals surface area contributed by atoms with E-state index in [0.29, 0.717) is 23.7 Å². The quantitative estimate of drug-likeness (QED) is 0.715. The molecule has 1 saturated heterocycles. The highest BCUT2D eigenvalue weighted by molar-refractivity contribution is 9.10. The number of hydrogen-bond donors (Lipinski definition) is 0. The molecule has 1 aromatic rings. The highest BCUT2D eigenvalue weighted by atomic mass is 79.9. The fourth-order valence-electron chi connectivity index (χ4n) is 2.71. The zero-order chi connectivity index (χ0) is 15.9. The van der Waals surface area contributed by atoms with Crippen LogP contribution in [0.1, 0.15) is 20.8 Å². The predicted octanol–water partition coefficient (Wildman–Crippen LogP) is 2.81. The number of hydrogen-bond acceptors (Lipinski definition) is 5. The largest absolute Gasteiger partial charge is 0.444 e. The summed E-state index contributed by atoms with van der Waals surface area (Å²) in [6.45, 7) is 7.84. The Balaban J connectivity index is 1.66. The summed E-state index contributed by atoms with van der Waals surface area (Å²) < 4.78 is 6.02. The van der Waals surface area contributed by atoms with Gasteiger partial charge < -0.3 is 14.5 Å². The molecule has 2 aliphatic heterocycles. The van der Waals surface area contributed by atoms with E-state index in [9.17, 15) is 4.79 Å². The van der Waals surface area contributed by atoms with Crippen LogP contribution in [0.25, 0.3) is 0 Å². The molecule has 1 amide bonds. The van der Waals surface area contributed by atoms with Gasteiger partial charge in [-0.15, -0.1) is 0 Å². The van der Waals surface area contributed by atoms with Crippen LogP contribution in [0.2, 0.25) is 0 Å². The Morgan fingerprint density at radius 2 is 2.00 bits per heavy atom. The number of amides is 1. The molecule has 0 bridgehead atoms. The molecule has 0 aromatic carbocycles. The van der Waals surface area contributed by atoms with Gasteiger partial charge in [-0.1, -0.05) is 0 Å². The van der Waals surface area contributed by atoms with Gasteiger partial charge in [-0.2, -0.15) is 0 Å². The number of carbonyl (C=O) groups is 1. The van der Waals surface area contributed by atoms with Crippen LogP contribution < -0.4 is 4.90 Å². The summed E-state index contributed by atoms with van der Waals surface area (Å²) in [6.07, 6.45) is 5.45. The molecule has 1 aromatic heterocycles. The number of aromatic nitrogens is 2. The zero-order valence-electron chi connectivity index (χ0n) is 12.9. The van der Waals surface area contributed by atoms with Gasteiger partial charge in [-0.25, -0.2) is 14.8 Å². The van der Waals surface area contributed by atoms with Gasteiger partial charge in [0.1, 0.15) is 5.60 Å². The third-order valence-corrected chi connectivity index (χ3v) is 4.08. The number of rotatable bonds is 1. The van der Waals surface area contributed by atoms with Crippen molar-refractivity contribution in [1.82, 2.24) is 14.9 Å². The van der Waals surface area contributed by atoms with E-state index in [2.05, 4.69) is 37.0 Å². The molecule has 0 radical (unpaired) electrons. The Bertz CT molecular complexity index is 609. The highest BCUT2D eigenvalue weighted by Gasteiger charge is 2.37. The second kappa shape index (κ2) is 5.53. The van der Waals surface area contributed by atoms with E-state index in [1.807, 2.05) is 20.8 Å². The lowest BCUT2D eigenvalue weighted by atomic mass is 10.1. The van der Waals surface area contributed by atoms with Crippen molar-refractivity contribution >= 4 is 27.7 Å². The van der Waals surface area contributed by atoms with Crippen molar-refractivity contribution in [2.45, 2.75) is 26.4 Å². The molecular formula is C15H19BrN4O2. The van der Waals surface area contributed by atoms with E-state index in [4.69, 9.17) is 4.74 Å². The summed E-state index contributed by atoms with van der Waals surface area (Å²) in [6, 6.07) is 0. The molecule has 118 valence electrons. The van der Waals surface area contributed by atoms with Crippen molar-refractivity contribution in [3.63, 3.8) is 0 Å². The van der Waals surface area contributed by atoms with Crippen LogP contribution >= 0.6 is 15.9 Å². The van der Waals surface area contributed by atoms with Gasteiger partial charge in [0.15, 0.2) is 4.73 Å². The standard InChI is InChI=1S/C15H19BrN4O2/c1-15(2,3)22-14(21)20-8-10-6-19(7-11(10)9-20)12-4-17-13(16)18-5-12/h4-6,11H,7-9H2,1-3H3. The van der Waals surface area contributed by atoms with Crippen molar-refractivity contribution in [3.8, 4) is 0 Å². The molecule has 6 nitrogen and oxygen atoms in total. The zero-order valence-corrected chi connectivity index (χ0v) is 14.5. The molecular weight excluding hydrogens is 348 g/mol. The second-order valence-electron chi connectivity index (χ2n) is 6.62. The lowest BCUT2D eigenvalue weighted by Crippen LogP contribution is -2.36. The van der Waals surface area contributed by atoms with E-state index in [1.54, 1.807) is 17.3 Å². The first-order valence-electron chi connectivity index (χ1n) is 7.24. The van der Waals surface area contributed by atoms with Gasteiger partial charge in [0.25, 0.3) is 0 Å².